The molecule has 222 valence electrons. The Labute approximate surface area is 255 Å². The van der Waals surface area contributed by atoms with Crippen LogP contribution in [0.15, 0.2) is 53.7 Å². The molecule has 0 aliphatic carbocycles. The number of aromatic nitrogens is 2. The fourth-order valence-electron chi connectivity index (χ4n) is 5.20. The second kappa shape index (κ2) is 12.7. The van der Waals surface area contributed by atoms with Crippen LogP contribution >= 0.6 is 24.2 Å². The van der Waals surface area contributed by atoms with Crippen LogP contribution in [0.1, 0.15) is 41.8 Å². The summed E-state index contributed by atoms with van der Waals surface area (Å²) in [4.78, 5) is 19.6. The number of methoxy groups -OCH3 is 2. The Morgan fingerprint density at radius 1 is 1.10 bits per heavy atom. The lowest BCUT2D eigenvalue weighted by Crippen LogP contribution is -2.32. The molecule has 0 bridgehead atoms. The first-order valence-electron chi connectivity index (χ1n) is 13.7. The first kappa shape index (κ1) is 29.9. The van der Waals surface area contributed by atoms with Gasteiger partial charge in [-0.3, -0.25) is 9.36 Å². The molecule has 11 heteroatoms. The molecule has 1 aromatic heterocycles. The van der Waals surface area contributed by atoms with Gasteiger partial charge in [0, 0.05) is 23.8 Å². The molecule has 0 spiro atoms. The highest BCUT2D eigenvalue weighted by molar-refractivity contribution is 7.80. The topological polar surface area (TPSA) is 101 Å². The van der Waals surface area contributed by atoms with Gasteiger partial charge in [0.15, 0.2) is 11.5 Å². The van der Waals surface area contributed by atoms with Crippen molar-refractivity contribution in [3.63, 3.8) is 0 Å². The van der Waals surface area contributed by atoms with Gasteiger partial charge < -0.3 is 29.6 Å². The lowest BCUT2D eigenvalue weighted by Gasteiger charge is -2.29. The van der Waals surface area contributed by atoms with E-state index in [-0.39, 0.29) is 5.56 Å². The molecular weight excluding hydrogens is 576 g/mol. The molecule has 9 nitrogen and oxygen atoms in total. The van der Waals surface area contributed by atoms with Gasteiger partial charge in [0.05, 0.1) is 53.0 Å². The highest BCUT2D eigenvalue weighted by Gasteiger charge is 2.22. The lowest BCUT2D eigenvalue weighted by molar-refractivity contribution is 0.0996. The number of benzene rings is 3. The van der Waals surface area contributed by atoms with Crippen LogP contribution in [-0.2, 0) is 0 Å². The molecule has 0 saturated carbocycles. The van der Waals surface area contributed by atoms with Crippen molar-refractivity contribution in [2.24, 2.45) is 11.7 Å². The van der Waals surface area contributed by atoms with Crippen LogP contribution in [0.25, 0.3) is 16.7 Å². The van der Waals surface area contributed by atoms with E-state index in [1.807, 2.05) is 35.8 Å². The molecule has 1 amide bonds. The Balaban J connectivity index is 1.44. The molecule has 2 N–H and O–H groups in total. The lowest BCUT2D eigenvalue weighted by atomic mass is 9.98. The highest BCUT2D eigenvalue weighted by atomic mass is 35.5. The van der Waals surface area contributed by atoms with Gasteiger partial charge in [-0.2, -0.15) is 0 Å². The van der Waals surface area contributed by atoms with Crippen LogP contribution in [0.5, 0.6) is 23.0 Å². The number of ether oxygens (including phenoxy) is 4. The van der Waals surface area contributed by atoms with Crippen molar-refractivity contribution in [3.8, 4) is 28.7 Å². The Morgan fingerprint density at radius 3 is 2.50 bits per heavy atom. The highest BCUT2D eigenvalue weighted by Crippen LogP contribution is 2.39. The fourth-order valence-corrected chi connectivity index (χ4v) is 5.82. The van der Waals surface area contributed by atoms with Crippen molar-refractivity contribution in [1.29, 1.82) is 0 Å². The average molecular weight is 611 g/mol. The van der Waals surface area contributed by atoms with Crippen LogP contribution in [0.3, 0.4) is 0 Å². The number of fused-ring (bicyclic) bond motifs is 1. The van der Waals surface area contributed by atoms with Crippen LogP contribution < -0.4 is 24.7 Å². The molecule has 0 unspecified atom stereocenters. The number of rotatable bonds is 10. The Kier molecular flexibility index (Phi) is 9.05. The number of hydrogen-bond acceptors (Lipinski definition) is 8. The number of nitrogens with zero attached hydrogens (tertiary/aromatic N) is 3. The van der Waals surface area contributed by atoms with Crippen molar-refractivity contribution in [1.82, 2.24) is 14.5 Å². The van der Waals surface area contributed by atoms with E-state index >= 15 is 0 Å². The van der Waals surface area contributed by atoms with Gasteiger partial charge in [-0.25, -0.2) is 4.98 Å². The number of primary amides is 1. The van der Waals surface area contributed by atoms with Gasteiger partial charge in [-0.1, -0.05) is 23.7 Å². The third-order valence-corrected chi connectivity index (χ3v) is 8.57. The first-order valence-corrected chi connectivity index (χ1v) is 14.5. The first-order chi connectivity index (χ1) is 20.2. The van der Waals surface area contributed by atoms with Crippen LogP contribution in [0.2, 0.25) is 5.02 Å². The van der Waals surface area contributed by atoms with E-state index in [0.717, 1.165) is 37.0 Å². The molecule has 4 aromatic rings. The summed E-state index contributed by atoms with van der Waals surface area (Å²) < 4.78 is 25.3. The van der Waals surface area contributed by atoms with E-state index in [4.69, 9.17) is 36.3 Å². The summed E-state index contributed by atoms with van der Waals surface area (Å²) in [6, 6.07) is 12.7. The van der Waals surface area contributed by atoms with Crippen molar-refractivity contribution in [2.45, 2.75) is 30.8 Å². The van der Waals surface area contributed by atoms with Gasteiger partial charge in [0.1, 0.15) is 23.9 Å². The Morgan fingerprint density at radius 2 is 1.81 bits per heavy atom. The SMILES string of the molecule is COc1cc2ncn(-c3cc(O[C@H](C)c4cccc(OCC5CCN(C)CC5)c4Cl)c(S)c(C(N)=O)c3)c2cc1OC. The zero-order valence-electron chi connectivity index (χ0n) is 24.1. The van der Waals surface area contributed by atoms with Gasteiger partial charge in [-0.15, -0.1) is 12.6 Å². The molecular formula is C31H35ClN4O5S. The van der Waals surface area contributed by atoms with E-state index in [2.05, 4.69) is 29.6 Å². The molecule has 2 heterocycles. The number of hydrogen-bond donors (Lipinski definition) is 2. The summed E-state index contributed by atoms with van der Waals surface area (Å²) in [6.07, 6.45) is 3.36. The zero-order chi connectivity index (χ0) is 30.0. The smallest absolute Gasteiger partial charge is 0.250 e. The molecule has 3 aromatic carbocycles. The third kappa shape index (κ3) is 6.11. The second-order valence-corrected chi connectivity index (χ2v) is 11.3. The number of piperidine rings is 1. The number of likely N-dealkylation sites (tertiary alicyclic amines) is 1. The largest absolute Gasteiger partial charge is 0.493 e. The number of carbonyl (C=O) groups excluding carboxylic acids is 1. The number of halogens is 1. The molecule has 1 saturated heterocycles. The van der Waals surface area contributed by atoms with Crippen molar-refractivity contribution in [2.75, 3.05) is 41.0 Å². The monoisotopic (exact) mass is 610 g/mol. The van der Waals surface area contributed by atoms with E-state index in [1.165, 1.54) is 0 Å². The maximum Gasteiger partial charge on any atom is 0.250 e. The minimum absolute atomic E-state index is 0.210. The number of imidazole rings is 1. The number of nitrogens with two attached hydrogens (primary N) is 1. The Bertz CT molecular complexity index is 1600. The van der Waals surface area contributed by atoms with Crippen molar-refractivity contribution < 1.29 is 23.7 Å². The molecule has 5 rings (SSSR count). The summed E-state index contributed by atoms with van der Waals surface area (Å²) in [6.45, 7) is 4.64. The second-order valence-electron chi connectivity index (χ2n) is 10.5. The summed E-state index contributed by atoms with van der Waals surface area (Å²) in [5, 5.41) is 0.492. The summed E-state index contributed by atoms with van der Waals surface area (Å²) in [5.41, 5.74) is 8.74. The number of thiol groups is 1. The van der Waals surface area contributed by atoms with E-state index in [1.54, 1.807) is 38.7 Å². The molecule has 1 atom stereocenters. The van der Waals surface area contributed by atoms with Crippen LogP contribution in [0, 0.1) is 5.92 Å². The van der Waals surface area contributed by atoms with E-state index in [0.29, 0.717) is 56.6 Å². The quantitative estimate of drug-likeness (QED) is 0.214. The van der Waals surface area contributed by atoms with Crippen molar-refractivity contribution in [3.05, 3.63) is 64.9 Å². The Hall–Kier alpha value is -3.60. The summed E-state index contributed by atoms with van der Waals surface area (Å²) in [5.74, 6) is 1.96. The van der Waals surface area contributed by atoms with E-state index < -0.39 is 12.0 Å². The van der Waals surface area contributed by atoms with Gasteiger partial charge in [0.2, 0.25) is 5.91 Å². The van der Waals surface area contributed by atoms with Gasteiger partial charge in [-0.05, 0) is 58.0 Å². The number of carbonyl (C=O) groups is 1. The molecule has 0 radical (unpaired) electrons. The standard InChI is InChI=1S/C31H35ClN4O5S/c1-18(21-6-5-7-25(29(21)32)40-16-19-8-10-35(2)11-9-19)41-28-13-20(12-22(30(28)42)31(33)37)36-17-34-23-14-26(38-3)27(39-4)15-24(23)36/h5-7,12-15,17-19,42H,8-11,16H2,1-4H3,(H2,33,37)/t18-/m1/s1. The van der Waals surface area contributed by atoms with Crippen molar-refractivity contribution >= 4 is 41.2 Å². The maximum atomic E-state index is 12.4. The van der Waals surface area contributed by atoms with E-state index in [9.17, 15) is 4.79 Å². The molecule has 1 aliphatic rings. The molecule has 1 aliphatic heterocycles. The number of amides is 1. The maximum absolute atomic E-state index is 12.4. The predicted octanol–water partition coefficient (Wildman–Crippen LogP) is 5.94. The third-order valence-electron chi connectivity index (χ3n) is 7.70. The summed E-state index contributed by atoms with van der Waals surface area (Å²) >= 11 is 11.4. The zero-order valence-corrected chi connectivity index (χ0v) is 25.7. The normalized spacial score (nSPS) is 15.0. The van der Waals surface area contributed by atoms with Gasteiger partial charge in [0.25, 0.3) is 0 Å². The minimum Gasteiger partial charge on any atom is -0.493 e. The van der Waals surface area contributed by atoms with Crippen LogP contribution in [-0.4, -0.2) is 61.3 Å². The molecule has 1 fully saturated rings. The average Bonchev–Trinajstić information content (AvgIpc) is 3.40. The summed E-state index contributed by atoms with van der Waals surface area (Å²) in [7, 11) is 5.28. The fraction of sp³-hybridized carbons (Fsp3) is 0.355. The minimum atomic E-state index is -0.634. The molecule has 42 heavy (non-hydrogen) atoms. The predicted molar refractivity (Wildman–Crippen MR) is 166 cm³/mol. The van der Waals surface area contributed by atoms with Crippen LogP contribution in [0.4, 0.5) is 0 Å². The van der Waals surface area contributed by atoms with Gasteiger partial charge >= 0.3 is 0 Å².